The second-order valence-corrected chi connectivity index (χ2v) is 8.61. The van der Waals surface area contributed by atoms with E-state index >= 15 is 0 Å². The molecule has 5 rings (SSSR count). The van der Waals surface area contributed by atoms with E-state index in [4.69, 9.17) is 0 Å². The summed E-state index contributed by atoms with van der Waals surface area (Å²) in [5.41, 5.74) is -0.0700. The lowest BCUT2D eigenvalue weighted by molar-refractivity contribution is -0.147. The molecule has 0 radical (unpaired) electrons. The van der Waals surface area contributed by atoms with E-state index in [9.17, 15) is 4.79 Å². The Labute approximate surface area is 138 Å². The van der Waals surface area contributed by atoms with Crippen LogP contribution in [0, 0.1) is 29.1 Å². The van der Waals surface area contributed by atoms with Crippen LogP contribution in [0.3, 0.4) is 0 Å². The largest absolute Gasteiger partial charge is 0.351 e. The van der Waals surface area contributed by atoms with Crippen molar-refractivity contribution in [1.29, 1.82) is 0 Å². The van der Waals surface area contributed by atoms with Gasteiger partial charge in [-0.3, -0.25) is 4.79 Å². The van der Waals surface area contributed by atoms with Gasteiger partial charge in [-0.2, -0.15) is 15.0 Å². The van der Waals surface area contributed by atoms with Crippen LogP contribution in [0.25, 0.3) is 0 Å². The van der Waals surface area contributed by atoms with Crippen LogP contribution in [0.15, 0.2) is 12.4 Å². The van der Waals surface area contributed by atoms with E-state index in [0.29, 0.717) is 18.4 Å². The Kier molecular flexibility index (Phi) is 3.69. The Morgan fingerprint density at radius 1 is 1.13 bits per heavy atom. The van der Waals surface area contributed by atoms with Crippen LogP contribution in [0.5, 0.6) is 0 Å². The third kappa shape index (κ3) is 2.79. The zero-order valence-corrected chi connectivity index (χ0v) is 14.2. The number of amides is 1. The Morgan fingerprint density at radius 2 is 1.65 bits per heavy atom. The van der Waals surface area contributed by atoms with E-state index in [2.05, 4.69) is 29.4 Å². The predicted octanol–water partition coefficient (Wildman–Crippen LogP) is 2.64. The van der Waals surface area contributed by atoms with Crippen molar-refractivity contribution in [2.75, 3.05) is 0 Å². The highest BCUT2D eigenvalue weighted by Gasteiger charge is 2.54. The minimum Gasteiger partial charge on any atom is -0.351 e. The monoisotopic (exact) mass is 316 g/mol. The fourth-order valence-corrected chi connectivity index (χ4v) is 5.65. The number of carbonyl (C=O) groups excluding carboxylic acids is 1. The van der Waals surface area contributed by atoms with Crippen LogP contribution in [0.4, 0.5) is 0 Å². The topological polar surface area (TPSA) is 59.8 Å². The zero-order valence-electron chi connectivity index (χ0n) is 14.2. The van der Waals surface area contributed by atoms with Crippen LogP contribution in [-0.2, 0) is 11.3 Å². The molecule has 0 aromatic carbocycles. The summed E-state index contributed by atoms with van der Waals surface area (Å²) in [6.45, 7) is 4.98. The molecule has 5 nitrogen and oxygen atoms in total. The van der Waals surface area contributed by atoms with Gasteiger partial charge in [0.05, 0.1) is 25.0 Å². The van der Waals surface area contributed by atoms with Crippen LogP contribution >= 0.6 is 0 Å². The van der Waals surface area contributed by atoms with Crippen molar-refractivity contribution >= 4 is 5.91 Å². The van der Waals surface area contributed by atoms with E-state index in [-0.39, 0.29) is 11.5 Å². The van der Waals surface area contributed by atoms with Gasteiger partial charge >= 0.3 is 0 Å². The standard InChI is InChI=1S/C18H28N4O/c1-12(2)16(11-22-19-3-4-20-22)21-17(23)18-8-13-5-14(9-18)7-15(6-13)10-18/h3-4,12-16H,5-11H2,1-2H3,(H,21,23)/t13?,14?,15?,16-,18?/m1/s1. The smallest absolute Gasteiger partial charge is 0.226 e. The minimum atomic E-state index is -0.0700. The summed E-state index contributed by atoms with van der Waals surface area (Å²) in [4.78, 5) is 14.9. The summed E-state index contributed by atoms with van der Waals surface area (Å²) in [7, 11) is 0. The van der Waals surface area contributed by atoms with Crippen LogP contribution in [-0.4, -0.2) is 26.9 Å². The summed E-state index contributed by atoms with van der Waals surface area (Å²) < 4.78 is 0. The number of rotatable bonds is 5. The molecule has 0 unspecified atom stereocenters. The molecule has 0 spiro atoms. The maximum absolute atomic E-state index is 13.2. The molecule has 1 aromatic rings. The normalized spacial score (nSPS) is 36.4. The van der Waals surface area contributed by atoms with Gasteiger partial charge in [-0.25, -0.2) is 0 Å². The lowest BCUT2D eigenvalue weighted by Crippen LogP contribution is -2.56. The number of nitrogens with zero attached hydrogens (tertiary/aromatic N) is 3. The Morgan fingerprint density at radius 3 is 2.13 bits per heavy atom. The van der Waals surface area contributed by atoms with E-state index in [1.54, 1.807) is 17.2 Å². The molecule has 4 aliphatic carbocycles. The molecule has 0 saturated heterocycles. The van der Waals surface area contributed by atoms with Crippen molar-refractivity contribution < 1.29 is 4.79 Å². The fraction of sp³-hybridized carbons (Fsp3) is 0.833. The van der Waals surface area contributed by atoms with Crippen molar-refractivity contribution in [3.63, 3.8) is 0 Å². The van der Waals surface area contributed by atoms with Gasteiger partial charge in [0.2, 0.25) is 5.91 Å². The van der Waals surface area contributed by atoms with Crippen molar-refractivity contribution in [3.8, 4) is 0 Å². The first-order valence-electron chi connectivity index (χ1n) is 9.19. The maximum atomic E-state index is 13.2. The average molecular weight is 316 g/mol. The molecule has 1 atom stereocenters. The Bertz CT molecular complexity index is 530. The van der Waals surface area contributed by atoms with Crippen molar-refractivity contribution in [2.24, 2.45) is 29.1 Å². The Balaban J connectivity index is 1.47. The molecule has 1 amide bonds. The molecule has 1 aromatic heterocycles. The molecule has 4 aliphatic rings. The highest BCUT2D eigenvalue weighted by atomic mass is 16.2. The van der Waals surface area contributed by atoms with Crippen molar-refractivity contribution in [2.45, 2.75) is 65.0 Å². The number of hydrogen-bond acceptors (Lipinski definition) is 3. The second kappa shape index (κ2) is 5.60. The first-order chi connectivity index (χ1) is 11.0. The third-order valence-electron chi connectivity index (χ3n) is 6.47. The number of carbonyl (C=O) groups is 1. The third-order valence-corrected chi connectivity index (χ3v) is 6.47. The second-order valence-electron chi connectivity index (χ2n) is 8.61. The maximum Gasteiger partial charge on any atom is 0.226 e. The SMILES string of the molecule is CC(C)[C@@H](Cn1nccn1)NC(=O)C12CC3CC(CC(C3)C1)C2. The van der Waals surface area contributed by atoms with E-state index in [1.165, 1.54) is 19.3 Å². The molecule has 5 heteroatoms. The Hall–Kier alpha value is -1.39. The van der Waals surface area contributed by atoms with Crippen molar-refractivity contribution in [1.82, 2.24) is 20.3 Å². The molecule has 23 heavy (non-hydrogen) atoms. The number of hydrogen-bond donors (Lipinski definition) is 1. The summed E-state index contributed by atoms with van der Waals surface area (Å²) >= 11 is 0. The minimum absolute atomic E-state index is 0.0700. The lowest BCUT2D eigenvalue weighted by Gasteiger charge is -2.56. The van der Waals surface area contributed by atoms with Gasteiger partial charge < -0.3 is 5.32 Å². The van der Waals surface area contributed by atoms with Gasteiger partial charge in [0.1, 0.15) is 0 Å². The average Bonchev–Trinajstić information content (AvgIpc) is 2.98. The lowest BCUT2D eigenvalue weighted by atomic mass is 9.49. The van der Waals surface area contributed by atoms with Gasteiger partial charge in [-0.1, -0.05) is 13.8 Å². The molecular formula is C18H28N4O. The predicted molar refractivity (Wildman–Crippen MR) is 87.4 cm³/mol. The highest BCUT2D eigenvalue weighted by Crippen LogP contribution is 2.60. The number of nitrogens with one attached hydrogen (secondary N) is 1. The molecule has 4 saturated carbocycles. The van der Waals surface area contributed by atoms with Gasteiger partial charge in [0.25, 0.3) is 0 Å². The molecule has 4 bridgehead atoms. The summed E-state index contributed by atoms with van der Waals surface area (Å²) in [5, 5.41) is 11.8. The number of aromatic nitrogens is 3. The highest BCUT2D eigenvalue weighted by molar-refractivity contribution is 5.83. The van der Waals surface area contributed by atoms with Gasteiger partial charge in [0, 0.05) is 5.41 Å². The molecule has 0 aliphatic heterocycles. The summed E-state index contributed by atoms with van der Waals surface area (Å²) in [5.74, 6) is 3.09. The van der Waals surface area contributed by atoms with Crippen molar-refractivity contribution in [3.05, 3.63) is 12.4 Å². The van der Waals surface area contributed by atoms with Gasteiger partial charge in [-0.15, -0.1) is 0 Å². The molecular weight excluding hydrogens is 288 g/mol. The fourth-order valence-electron chi connectivity index (χ4n) is 5.65. The van der Waals surface area contributed by atoms with Crippen LogP contribution in [0.1, 0.15) is 52.4 Å². The molecule has 126 valence electrons. The van der Waals surface area contributed by atoms with Gasteiger partial charge in [0.15, 0.2) is 0 Å². The molecule has 1 heterocycles. The van der Waals surface area contributed by atoms with Crippen LogP contribution < -0.4 is 5.32 Å². The summed E-state index contributed by atoms with van der Waals surface area (Å²) in [6.07, 6.45) is 10.9. The molecule has 4 fully saturated rings. The van der Waals surface area contributed by atoms with E-state index in [1.807, 2.05) is 0 Å². The van der Waals surface area contributed by atoms with E-state index in [0.717, 1.165) is 37.0 Å². The quantitative estimate of drug-likeness (QED) is 0.908. The van der Waals surface area contributed by atoms with Crippen LogP contribution in [0.2, 0.25) is 0 Å². The van der Waals surface area contributed by atoms with Gasteiger partial charge in [-0.05, 0) is 62.2 Å². The first kappa shape index (κ1) is 15.2. The van der Waals surface area contributed by atoms with E-state index < -0.39 is 0 Å². The summed E-state index contributed by atoms with van der Waals surface area (Å²) in [6, 6.07) is 0.0999. The zero-order chi connectivity index (χ0) is 16.0. The first-order valence-corrected chi connectivity index (χ1v) is 9.19. The molecule has 1 N–H and O–H groups in total.